The molecule has 0 aliphatic carbocycles. The highest BCUT2D eigenvalue weighted by molar-refractivity contribution is 7.92. The number of benzene rings is 1. The van der Waals surface area contributed by atoms with E-state index in [1.165, 1.54) is 27.6 Å². The van der Waals surface area contributed by atoms with Crippen LogP contribution in [0.4, 0.5) is 17.5 Å². The molecular weight excluding hydrogens is 500 g/mol. The molecule has 1 N–H and O–H groups in total. The van der Waals surface area contributed by atoms with Gasteiger partial charge >= 0.3 is 0 Å². The number of hydrogen-bond acceptors (Lipinski definition) is 8. The molecule has 0 saturated carbocycles. The Morgan fingerprint density at radius 1 is 1.18 bits per heavy atom. The molecule has 3 aromatic heterocycles. The van der Waals surface area contributed by atoms with Gasteiger partial charge in [0.05, 0.1) is 6.54 Å². The van der Waals surface area contributed by atoms with Crippen LogP contribution >= 0.6 is 0 Å². The van der Waals surface area contributed by atoms with Crippen molar-refractivity contribution in [1.82, 2.24) is 29.2 Å². The van der Waals surface area contributed by atoms with Crippen molar-refractivity contribution in [1.29, 1.82) is 0 Å². The molecule has 0 fully saturated rings. The molecule has 1 aliphatic heterocycles. The fraction of sp³-hybridized carbons (Fsp3) is 0.333. The van der Waals surface area contributed by atoms with E-state index in [1.54, 1.807) is 29.3 Å². The third kappa shape index (κ3) is 4.99. The lowest BCUT2D eigenvalue weighted by molar-refractivity contribution is 0.312. The van der Waals surface area contributed by atoms with Crippen LogP contribution in [-0.2, 0) is 29.2 Å². The number of hydrogen-bond donors (Lipinski definition) is 1. The zero-order valence-corrected chi connectivity index (χ0v) is 23.2. The summed E-state index contributed by atoms with van der Waals surface area (Å²) in [7, 11) is -0.297. The predicted octanol–water partition coefficient (Wildman–Crippen LogP) is 3.87. The van der Waals surface area contributed by atoms with E-state index in [-0.39, 0.29) is 12.1 Å². The molecule has 0 saturated heterocycles. The summed E-state index contributed by atoms with van der Waals surface area (Å²) in [6, 6.07) is 7.81. The second kappa shape index (κ2) is 9.80. The average molecular weight is 533 g/mol. The standard InChI is InChI=1S/C27H32N8O2S/c1-7-11-34-26(36)22-15-28-27(29-20-13-18(3)21-10-12-33(4)16-19(21)14-20)31-25(22)35(34)24-17(2)8-9-23(30-24)32-38(5,6)37/h7-9,13-15H,1,10-12,16H2,2-6H3,(H,28,29,31). The minimum absolute atomic E-state index is 0.246. The quantitative estimate of drug-likeness (QED) is 0.375. The van der Waals surface area contributed by atoms with Crippen LogP contribution in [-0.4, -0.2) is 59.5 Å². The van der Waals surface area contributed by atoms with Crippen LogP contribution in [0.3, 0.4) is 0 Å². The van der Waals surface area contributed by atoms with Crippen LogP contribution in [0.2, 0.25) is 0 Å². The third-order valence-electron chi connectivity index (χ3n) is 6.55. The van der Waals surface area contributed by atoms with Crippen LogP contribution < -0.4 is 10.9 Å². The van der Waals surface area contributed by atoms with E-state index in [0.29, 0.717) is 28.6 Å². The van der Waals surface area contributed by atoms with E-state index in [9.17, 15) is 9.00 Å². The zero-order valence-electron chi connectivity index (χ0n) is 22.4. The fourth-order valence-corrected chi connectivity index (χ4v) is 5.40. The summed E-state index contributed by atoms with van der Waals surface area (Å²) in [4.78, 5) is 29.5. The van der Waals surface area contributed by atoms with Crippen molar-refractivity contribution >= 4 is 38.2 Å². The van der Waals surface area contributed by atoms with Crippen molar-refractivity contribution in [2.75, 3.05) is 31.4 Å². The maximum Gasteiger partial charge on any atom is 0.278 e. The highest BCUT2D eigenvalue weighted by atomic mass is 32.2. The number of rotatable bonds is 6. The van der Waals surface area contributed by atoms with Crippen molar-refractivity contribution in [3.63, 3.8) is 0 Å². The summed E-state index contributed by atoms with van der Waals surface area (Å²) < 4.78 is 19.7. The Hall–Kier alpha value is -3.83. The molecule has 10 nitrogen and oxygen atoms in total. The van der Waals surface area contributed by atoms with E-state index >= 15 is 0 Å². The molecule has 11 heteroatoms. The van der Waals surface area contributed by atoms with Gasteiger partial charge in [0.15, 0.2) is 17.3 Å². The van der Waals surface area contributed by atoms with Gasteiger partial charge in [-0.15, -0.1) is 6.58 Å². The van der Waals surface area contributed by atoms with Crippen molar-refractivity contribution < 1.29 is 4.21 Å². The van der Waals surface area contributed by atoms with Gasteiger partial charge in [-0.1, -0.05) is 12.1 Å². The van der Waals surface area contributed by atoms with E-state index < -0.39 is 9.73 Å². The average Bonchev–Trinajstić information content (AvgIpc) is 3.10. The van der Waals surface area contributed by atoms with Gasteiger partial charge in [0.2, 0.25) is 5.95 Å². The second-order valence-corrected chi connectivity index (χ2v) is 12.6. The van der Waals surface area contributed by atoms with Gasteiger partial charge in [-0.05, 0) is 67.8 Å². The van der Waals surface area contributed by atoms with E-state index in [4.69, 9.17) is 4.98 Å². The number of nitrogens with one attached hydrogen (secondary N) is 1. The van der Waals surface area contributed by atoms with E-state index in [2.05, 4.69) is 57.2 Å². The molecule has 1 aromatic carbocycles. The Morgan fingerprint density at radius 3 is 2.71 bits per heavy atom. The first kappa shape index (κ1) is 25.8. The number of pyridine rings is 1. The molecule has 5 rings (SSSR count). The number of allylic oxidation sites excluding steroid dienone is 1. The topological polar surface area (TPSA) is 110 Å². The molecule has 0 amide bonds. The Balaban J connectivity index is 1.65. The molecule has 198 valence electrons. The first-order chi connectivity index (χ1) is 18.0. The normalized spacial score (nSPS) is 13.9. The van der Waals surface area contributed by atoms with Crippen LogP contribution in [0.5, 0.6) is 0 Å². The Labute approximate surface area is 222 Å². The van der Waals surface area contributed by atoms with Gasteiger partial charge < -0.3 is 10.2 Å². The lowest BCUT2D eigenvalue weighted by Crippen LogP contribution is -2.27. The van der Waals surface area contributed by atoms with Crippen LogP contribution in [0.1, 0.15) is 22.3 Å². The highest BCUT2D eigenvalue weighted by Gasteiger charge is 2.20. The predicted molar refractivity (Wildman–Crippen MR) is 152 cm³/mol. The number of aromatic nitrogens is 5. The van der Waals surface area contributed by atoms with Crippen LogP contribution in [0.15, 0.2) is 52.3 Å². The molecular formula is C27H32N8O2S. The van der Waals surface area contributed by atoms with Crippen molar-refractivity contribution in [3.05, 3.63) is 75.7 Å². The summed E-state index contributed by atoms with van der Waals surface area (Å²) in [6.07, 6.45) is 7.32. The molecule has 0 bridgehead atoms. The summed E-state index contributed by atoms with van der Waals surface area (Å²) in [5.41, 5.74) is 5.78. The maximum absolute atomic E-state index is 13.3. The van der Waals surface area contributed by atoms with E-state index in [0.717, 1.165) is 30.8 Å². The summed E-state index contributed by atoms with van der Waals surface area (Å²) in [6.45, 7) is 10.0. The van der Waals surface area contributed by atoms with Gasteiger partial charge in [0.25, 0.3) is 5.56 Å². The molecule has 1 aliphatic rings. The second-order valence-electron chi connectivity index (χ2n) is 10.0. The number of fused-ring (bicyclic) bond motifs is 2. The lowest BCUT2D eigenvalue weighted by Gasteiger charge is -2.27. The lowest BCUT2D eigenvalue weighted by atomic mass is 9.94. The van der Waals surface area contributed by atoms with Gasteiger partial charge in [-0.25, -0.2) is 23.5 Å². The first-order valence-electron chi connectivity index (χ1n) is 12.4. The SMILES string of the molecule is C=CCn1c(=O)c2cnc(Nc3cc(C)c4c(c3)CN(C)CC4)nc2n1-c1nc(N=S(C)(C)=O)ccc1C. The molecule has 0 atom stereocenters. The van der Waals surface area contributed by atoms with Crippen molar-refractivity contribution in [2.45, 2.75) is 33.4 Å². The molecule has 0 radical (unpaired) electrons. The monoisotopic (exact) mass is 532 g/mol. The van der Waals surface area contributed by atoms with Crippen molar-refractivity contribution in [3.8, 4) is 5.82 Å². The smallest absolute Gasteiger partial charge is 0.278 e. The van der Waals surface area contributed by atoms with Crippen molar-refractivity contribution in [2.24, 2.45) is 4.36 Å². The van der Waals surface area contributed by atoms with Gasteiger partial charge in [-0.2, -0.15) is 9.35 Å². The Kier molecular flexibility index (Phi) is 6.66. The molecule has 38 heavy (non-hydrogen) atoms. The summed E-state index contributed by atoms with van der Waals surface area (Å²) in [5.74, 6) is 1.16. The number of aryl methyl sites for hydroxylation is 2. The molecule has 0 unspecified atom stereocenters. The number of likely N-dealkylation sites (N-methyl/N-ethyl adjacent to an activating group) is 1. The zero-order chi connectivity index (χ0) is 27.2. The molecule has 0 spiro atoms. The number of anilines is 2. The maximum atomic E-state index is 13.3. The van der Waals surface area contributed by atoms with Gasteiger partial charge in [-0.3, -0.25) is 4.79 Å². The number of nitrogens with zero attached hydrogens (tertiary/aromatic N) is 7. The largest absolute Gasteiger partial charge is 0.324 e. The third-order valence-corrected chi connectivity index (χ3v) is 7.18. The first-order valence-corrected chi connectivity index (χ1v) is 14.7. The molecule has 4 aromatic rings. The summed E-state index contributed by atoms with van der Waals surface area (Å²) in [5, 5.41) is 3.70. The van der Waals surface area contributed by atoms with Gasteiger partial charge in [0, 0.05) is 47.2 Å². The van der Waals surface area contributed by atoms with Gasteiger partial charge in [0.1, 0.15) is 5.39 Å². The highest BCUT2D eigenvalue weighted by Crippen LogP contribution is 2.28. The van der Waals surface area contributed by atoms with Crippen LogP contribution in [0.25, 0.3) is 16.9 Å². The van der Waals surface area contributed by atoms with E-state index in [1.807, 2.05) is 13.0 Å². The summed E-state index contributed by atoms with van der Waals surface area (Å²) >= 11 is 0. The Bertz CT molecular complexity index is 1750. The van der Waals surface area contributed by atoms with Crippen LogP contribution in [0, 0.1) is 13.8 Å². The fourth-order valence-electron chi connectivity index (χ4n) is 4.85. The minimum Gasteiger partial charge on any atom is -0.324 e. The Morgan fingerprint density at radius 2 is 1.97 bits per heavy atom. The minimum atomic E-state index is -2.42. The molecule has 4 heterocycles.